The van der Waals surface area contributed by atoms with Crippen LogP contribution in [-0.2, 0) is 104 Å². The van der Waals surface area contributed by atoms with Crippen molar-refractivity contribution >= 4 is 112 Å². The molecule has 0 spiro atoms. The topological polar surface area (TPSA) is 684 Å². The maximum atomic E-state index is 14.7. The Kier molecular flexibility index (Phi) is 44.0. The van der Waals surface area contributed by atoms with Gasteiger partial charge in [-0.2, -0.15) is 0 Å². The highest BCUT2D eigenvalue weighted by molar-refractivity contribution is 6.01. The lowest BCUT2D eigenvalue weighted by Gasteiger charge is -2.28. The molecule has 0 radical (unpaired) electrons. The molecule has 682 valence electrons. The van der Waals surface area contributed by atoms with E-state index >= 15 is 0 Å². The second kappa shape index (κ2) is 52.4. The van der Waals surface area contributed by atoms with E-state index in [0.29, 0.717) is 43.2 Å². The lowest BCUT2D eigenvalue weighted by atomic mass is 10.0. The number of phenols is 1. The molecule has 26 N–H and O–H groups in total. The van der Waals surface area contributed by atoms with Gasteiger partial charge >= 0.3 is 17.9 Å². The summed E-state index contributed by atoms with van der Waals surface area (Å²) in [5.74, 6) is -18.1. The molecule has 16 amide bonds. The molecule has 17 atom stereocenters. The van der Waals surface area contributed by atoms with E-state index in [1.54, 1.807) is 30.3 Å². The van der Waals surface area contributed by atoms with Gasteiger partial charge in [0.05, 0.1) is 6.04 Å². The van der Waals surface area contributed by atoms with Crippen LogP contribution in [0.3, 0.4) is 0 Å². The fraction of sp³-hybridized carbons (Fsp3) is 0.613. The first-order chi connectivity index (χ1) is 58.1. The Labute approximate surface area is 712 Å². The van der Waals surface area contributed by atoms with Crippen LogP contribution in [0.1, 0.15) is 176 Å². The minimum Gasteiger partial charge on any atom is -0.508 e. The predicted molar refractivity (Wildman–Crippen MR) is 442 cm³/mol. The van der Waals surface area contributed by atoms with E-state index in [2.05, 4.69) is 74.4 Å². The summed E-state index contributed by atoms with van der Waals surface area (Å²) in [5.41, 5.74) is 24.0. The monoisotopic (exact) mass is 1730 g/mol. The zero-order chi connectivity index (χ0) is 91.9. The Bertz CT molecular complexity index is 3990. The van der Waals surface area contributed by atoms with Crippen molar-refractivity contribution in [2.45, 2.75) is 280 Å². The summed E-state index contributed by atoms with van der Waals surface area (Å²) in [6.45, 7) is 11.3. The predicted octanol–water partition coefficient (Wildman–Crippen LogP) is -5.37. The number of nitrogens with one attached hydrogen (secondary N) is 14. The van der Waals surface area contributed by atoms with Gasteiger partial charge in [-0.1, -0.05) is 42.5 Å². The smallest absolute Gasteiger partial charge is 0.325 e. The lowest BCUT2D eigenvalue weighted by molar-refractivity contribution is -0.144. The fourth-order valence-corrected chi connectivity index (χ4v) is 13.3. The van der Waals surface area contributed by atoms with Gasteiger partial charge in [0, 0.05) is 38.8 Å². The number of hydrogen-bond acceptors (Lipinski definition) is 24. The lowest BCUT2D eigenvalue weighted by Crippen LogP contribution is -2.60. The van der Waals surface area contributed by atoms with Crippen molar-refractivity contribution in [1.29, 1.82) is 0 Å². The van der Waals surface area contributed by atoms with Crippen molar-refractivity contribution in [3.8, 4) is 5.75 Å². The summed E-state index contributed by atoms with van der Waals surface area (Å²) in [6.07, 6.45) is -0.0130. The van der Waals surface area contributed by atoms with Gasteiger partial charge in [-0.15, -0.1) is 0 Å². The summed E-state index contributed by atoms with van der Waals surface area (Å²) in [4.78, 5) is 260. The van der Waals surface area contributed by atoms with Crippen LogP contribution in [0.4, 0.5) is 0 Å². The Morgan fingerprint density at radius 1 is 0.341 bits per heavy atom. The molecule has 2 aromatic carbocycles. The Balaban J connectivity index is 1.51. The number of likely N-dealkylation sites (tertiary alicyclic amines) is 2. The highest BCUT2D eigenvalue weighted by Crippen LogP contribution is 2.22. The third-order valence-electron chi connectivity index (χ3n) is 20.5. The van der Waals surface area contributed by atoms with Crippen molar-refractivity contribution in [3.05, 3.63) is 65.7 Å². The standard InChI is InChI=1S/C80H124N20O23/c1-42(84)78(120)99-38-18-26-61(99)77(119)96-57(32-34-63(104)105)73(115)93-53(22-12-15-35-81)69(111)88-46(5)67(109)92-55(24-14-17-37-83)72(114)98-59(40-50-20-10-9-11-21-50)75(117)95-56(31-33-62(102)103)71(113)89-47(6)68(110)97-58(41-51-27-29-52(101)30-28-51)74(116)94-54(23-13-16-36-82)70(112)87-45(4)65(107)85-43(2)64(106)86-44(3)66(108)90-48(7)79(121)100-39-19-25-60(100)76(118)91-49(8)80(122)123/h9-11,20-21,27-30,42-49,53-61,101H,12-19,22-26,31-41,81-84H2,1-8H3,(H,85,107)(H,86,106)(H,87,112)(H,88,111)(H,89,113)(H,90,108)(H,91,118)(H,92,109)(H,93,115)(H,94,116)(H,95,117)(H,96,119)(H,97,110)(H,98,114)(H,102,103)(H,104,105)(H,122,123)/t42-,43-,44-,45-,46-,47-,48-,49-,53-,54-,55-,56-,57-,58-,59-,60-,61-/m0/s1. The number of carboxylic acids is 3. The van der Waals surface area contributed by atoms with Crippen LogP contribution < -0.4 is 97.4 Å². The van der Waals surface area contributed by atoms with Gasteiger partial charge in [0.15, 0.2) is 0 Å². The van der Waals surface area contributed by atoms with E-state index in [9.17, 15) is 112 Å². The van der Waals surface area contributed by atoms with E-state index in [-0.39, 0.29) is 103 Å². The first kappa shape index (κ1) is 103. The molecule has 123 heavy (non-hydrogen) atoms. The molecular weight excluding hydrogens is 1610 g/mol. The zero-order valence-electron chi connectivity index (χ0n) is 70.7. The largest absolute Gasteiger partial charge is 0.508 e. The number of aromatic hydroxyl groups is 1. The van der Waals surface area contributed by atoms with Crippen molar-refractivity contribution in [2.24, 2.45) is 22.9 Å². The Hall–Kier alpha value is -12.0. The number of aliphatic carboxylic acids is 3. The van der Waals surface area contributed by atoms with Crippen molar-refractivity contribution < 1.29 is 112 Å². The highest BCUT2D eigenvalue weighted by atomic mass is 16.4. The maximum Gasteiger partial charge on any atom is 0.325 e. The van der Waals surface area contributed by atoms with Gasteiger partial charge in [0.1, 0.15) is 102 Å². The molecule has 2 saturated heterocycles. The first-order valence-corrected chi connectivity index (χ1v) is 41.3. The number of phenolic OH excluding ortho intramolecular Hbond substituents is 1. The van der Waals surface area contributed by atoms with Gasteiger partial charge in [-0.25, -0.2) is 0 Å². The Morgan fingerprint density at radius 3 is 1.00 bits per heavy atom. The van der Waals surface area contributed by atoms with Crippen molar-refractivity contribution in [1.82, 2.24) is 84.2 Å². The molecular formula is C80H124N20O23. The number of rotatable bonds is 53. The second-order valence-electron chi connectivity index (χ2n) is 30.8. The second-order valence-corrected chi connectivity index (χ2v) is 30.8. The van der Waals surface area contributed by atoms with Gasteiger partial charge in [-0.05, 0) is 195 Å². The Morgan fingerprint density at radius 2 is 0.634 bits per heavy atom. The van der Waals surface area contributed by atoms with E-state index in [0.717, 1.165) is 0 Å². The molecule has 2 aromatic rings. The van der Waals surface area contributed by atoms with Crippen LogP contribution >= 0.6 is 0 Å². The van der Waals surface area contributed by atoms with Crippen LogP contribution in [0.5, 0.6) is 5.75 Å². The van der Waals surface area contributed by atoms with Gasteiger partial charge in [-0.3, -0.25) is 91.1 Å². The van der Waals surface area contributed by atoms with E-state index < -0.39 is 241 Å². The number of carbonyl (C=O) groups is 19. The highest BCUT2D eigenvalue weighted by Gasteiger charge is 2.42. The summed E-state index contributed by atoms with van der Waals surface area (Å²) in [7, 11) is 0. The SMILES string of the molecule is C[C@H](N)C(=O)N1CCC[C@H]1C(=O)N[C@@H](CCC(=O)O)C(=O)N[C@@H](CCCCN)C(=O)N[C@@H](C)C(=O)N[C@@H](CCCCN)C(=O)N[C@@H](Cc1ccccc1)C(=O)N[C@@H](CCC(=O)O)C(=O)N[C@@H](C)C(=O)N[C@@H](Cc1ccc(O)cc1)C(=O)N[C@@H](CCCCN)C(=O)N[C@@H](C)C(=O)N[C@@H](C)C(=O)N[C@@H](C)C(=O)N[C@@H](C)C(=O)N1CCC[C@H]1C(=O)N[C@@H](C)C(=O)O. The molecule has 2 aliphatic rings. The number of unbranched alkanes of at least 4 members (excludes halogenated alkanes) is 3. The number of hydrogen-bond donors (Lipinski definition) is 22. The van der Waals surface area contributed by atoms with Crippen LogP contribution in [0.25, 0.3) is 0 Å². The van der Waals surface area contributed by atoms with E-state index in [4.69, 9.17) is 22.9 Å². The van der Waals surface area contributed by atoms with Crippen LogP contribution in [0.15, 0.2) is 54.6 Å². The minimum absolute atomic E-state index is 0.0567. The fourth-order valence-electron chi connectivity index (χ4n) is 13.3. The molecule has 0 saturated carbocycles. The molecule has 2 heterocycles. The molecule has 4 rings (SSSR count). The van der Waals surface area contributed by atoms with Gasteiger partial charge in [0.25, 0.3) is 0 Å². The zero-order valence-corrected chi connectivity index (χ0v) is 70.7. The van der Waals surface area contributed by atoms with Crippen LogP contribution in [-0.4, -0.2) is 278 Å². The number of carboxylic acid groups (broad SMARTS) is 3. The van der Waals surface area contributed by atoms with E-state index in [1.807, 2.05) is 0 Å². The number of benzene rings is 2. The number of amides is 16. The van der Waals surface area contributed by atoms with Crippen molar-refractivity contribution in [2.75, 3.05) is 32.7 Å². The number of nitrogens with zero attached hydrogens (tertiary/aromatic N) is 2. The summed E-state index contributed by atoms with van der Waals surface area (Å²) >= 11 is 0. The summed E-state index contributed by atoms with van der Waals surface area (Å²) < 4.78 is 0. The van der Waals surface area contributed by atoms with Gasteiger partial charge in [0.2, 0.25) is 94.5 Å². The maximum absolute atomic E-state index is 14.7. The normalized spacial score (nSPS) is 17.2. The molecule has 43 heteroatoms. The summed E-state index contributed by atoms with van der Waals surface area (Å²) in [6, 6.07) is -9.57. The molecule has 2 fully saturated rings. The molecule has 0 unspecified atom stereocenters. The number of carbonyl (C=O) groups excluding carboxylic acids is 16. The molecule has 43 nitrogen and oxygen atoms in total. The molecule has 0 aliphatic carbocycles. The van der Waals surface area contributed by atoms with Crippen LogP contribution in [0.2, 0.25) is 0 Å². The average Bonchev–Trinajstić information content (AvgIpc) is 1.74. The number of nitrogens with two attached hydrogens (primary N) is 4. The molecule has 2 aliphatic heterocycles. The van der Waals surface area contributed by atoms with Gasteiger partial charge < -0.3 is 128 Å². The van der Waals surface area contributed by atoms with E-state index in [1.165, 1.54) is 89.5 Å². The first-order valence-electron chi connectivity index (χ1n) is 41.3. The quantitative estimate of drug-likeness (QED) is 0.0275. The molecule has 0 aromatic heterocycles. The van der Waals surface area contributed by atoms with Crippen LogP contribution in [0, 0.1) is 0 Å². The third kappa shape index (κ3) is 35.2. The van der Waals surface area contributed by atoms with Crippen molar-refractivity contribution in [3.63, 3.8) is 0 Å². The third-order valence-corrected chi connectivity index (χ3v) is 20.5. The summed E-state index contributed by atoms with van der Waals surface area (Å²) in [5, 5.41) is 74.0. The average molecular weight is 1730 g/mol. The molecule has 0 bridgehead atoms. The minimum atomic E-state index is -1.76.